The van der Waals surface area contributed by atoms with Gasteiger partial charge in [-0.3, -0.25) is 4.48 Å². The Bertz CT molecular complexity index is 248. The van der Waals surface area contributed by atoms with Crippen LogP contribution in [0.15, 0.2) is 0 Å². The van der Waals surface area contributed by atoms with Gasteiger partial charge in [0, 0.05) is 0 Å². The molecule has 14 heavy (non-hydrogen) atoms. The van der Waals surface area contributed by atoms with Crippen LogP contribution in [0.1, 0.15) is 0 Å². The summed E-state index contributed by atoms with van der Waals surface area (Å²) in [5.41, 5.74) is 0. The minimum atomic E-state index is -1.07. The quantitative estimate of drug-likeness (QED) is 0.492. The summed E-state index contributed by atoms with van der Waals surface area (Å²) in [6, 6.07) is -1.02. The van der Waals surface area contributed by atoms with Crippen LogP contribution in [0, 0.1) is 0 Å². The highest BCUT2D eigenvalue weighted by molar-refractivity contribution is 5.96. The SMILES string of the molecule is C[N+](C)(C)C(=O)C(C(=O)O)[N+](C)(C)C. The Kier molecular flexibility index (Phi) is 3.42. The number of likely N-dealkylation sites (N-methyl/N-ethyl adjacent to an activating group) is 2. The van der Waals surface area contributed by atoms with Gasteiger partial charge in [-0.1, -0.05) is 0 Å². The lowest BCUT2D eigenvalue weighted by atomic mass is 10.2. The molecule has 5 nitrogen and oxygen atoms in total. The first-order chi connectivity index (χ1) is 5.98. The fourth-order valence-electron chi connectivity index (χ4n) is 1.14. The molecule has 0 radical (unpaired) electrons. The first kappa shape index (κ1) is 13.1. The Morgan fingerprint density at radius 2 is 1.36 bits per heavy atom. The summed E-state index contributed by atoms with van der Waals surface area (Å²) in [5, 5.41) is 9.00. The van der Waals surface area contributed by atoms with Crippen LogP contribution in [0.5, 0.6) is 0 Å². The highest BCUT2D eigenvalue weighted by Crippen LogP contribution is 2.09. The average Bonchev–Trinajstić information content (AvgIpc) is 1.79. The van der Waals surface area contributed by atoms with Gasteiger partial charge in [-0.05, 0) is 0 Å². The molecule has 1 amide bonds. The van der Waals surface area contributed by atoms with Crippen LogP contribution in [0.25, 0.3) is 0 Å². The number of aliphatic carboxylic acids is 1. The second kappa shape index (κ2) is 3.67. The monoisotopic (exact) mass is 204 g/mol. The van der Waals surface area contributed by atoms with Crippen LogP contribution in [-0.2, 0) is 9.59 Å². The average molecular weight is 204 g/mol. The Morgan fingerprint density at radius 3 is 1.43 bits per heavy atom. The largest absolute Gasteiger partial charge is 0.476 e. The summed E-state index contributed by atoms with van der Waals surface area (Å²) in [7, 11) is 10.1. The maximum atomic E-state index is 11.8. The molecular weight excluding hydrogens is 184 g/mol. The van der Waals surface area contributed by atoms with E-state index in [-0.39, 0.29) is 14.9 Å². The first-order valence-corrected chi connectivity index (χ1v) is 4.37. The van der Waals surface area contributed by atoms with E-state index in [1.54, 1.807) is 42.3 Å². The maximum Gasteiger partial charge on any atom is 0.383 e. The molecule has 1 unspecified atom stereocenters. The lowest BCUT2D eigenvalue weighted by Gasteiger charge is -2.33. The normalized spacial score (nSPS) is 15.0. The van der Waals surface area contributed by atoms with E-state index < -0.39 is 12.0 Å². The Balaban J connectivity index is 5.07. The second-order valence-electron chi connectivity index (χ2n) is 5.21. The van der Waals surface area contributed by atoms with Crippen molar-refractivity contribution in [3.8, 4) is 0 Å². The van der Waals surface area contributed by atoms with Gasteiger partial charge in [0.15, 0.2) is 0 Å². The van der Waals surface area contributed by atoms with Crippen LogP contribution < -0.4 is 0 Å². The Hall–Kier alpha value is -0.940. The summed E-state index contributed by atoms with van der Waals surface area (Å²) >= 11 is 0. The molecule has 0 aromatic rings. The van der Waals surface area contributed by atoms with E-state index in [9.17, 15) is 9.59 Å². The topological polar surface area (TPSA) is 54.4 Å². The number of hydrogen-bond acceptors (Lipinski definition) is 2. The zero-order chi connectivity index (χ0) is 11.7. The highest BCUT2D eigenvalue weighted by Gasteiger charge is 2.46. The molecule has 1 N–H and O–H groups in total. The zero-order valence-corrected chi connectivity index (χ0v) is 9.74. The fraction of sp³-hybridized carbons (Fsp3) is 0.778. The number of rotatable bonds is 3. The van der Waals surface area contributed by atoms with Crippen LogP contribution in [0.2, 0.25) is 0 Å². The van der Waals surface area contributed by atoms with Crippen molar-refractivity contribution in [2.75, 3.05) is 42.3 Å². The van der Waals surface area contributed by atoms with Crippen molar-refractivity contribution in [3.63, 3.8) is 0 Å². The van der Waals surface area contributed by atoms with Gasteiger partial charge in [-0.15, -0.1) is 0 Å². The molecule has 0 fully saturated rings. The summed E-state index contributed by atoms with van der Waals surface area (Å²) in [5.74, 6) is -1.37. The number of nitrogens with zero attached hydrogens (tertiary/aromatic N) is 2. The van der Waals surface area contributed by atoms with Gasteiger partial charge in [0.2, 0.25) is 0 Å². The van der Waals surface area contributed by atoms with Gasteiger partial charge in [-0.2, -0.15) is 0 Å². The van der Waals surface area contributed by atoms with E-state index in [1.807, 2.05) is 0 Å². The standard InChI is InChI=1S/C9H19N2O3/c1-10(2,3)7(9(13)14)8(12)11(4,5)6/h7H,1-6H3/q+1/p+1. The maximum absolute atomic E-state index is 11.8. The molecule has 0 spiro atoms. The van der Waals surface area contributed by atoms with Gasteiger partial charge < -0.3 is 9.59 Å². The van der Waals surface area contributed by atoms with Gasteiger partial charge in [0.1, 0.15) is 0 Å². The molecule has 0 aromatic heterocycles. The van der Waals surface area contributed by atoms with Crippen molar-refractivity contribution in [1.29, 1.82) is 0 Å². The Morgan fingerprint density at radius 1 is 1.00 bits per heavy atom. The molecular formula is C9H20N2O3+2. The third-order valence-corrected chi connectivity index (χ3v) is 1.90. The van der Waals surface area contributed by atoms with Crippen molar-refractivity contribution in [2.45, 2.75) is 6.04 Å². The van der Waals surface area contributed by atoms with E-state index in [0.29, 0.717) is 0 Å². The number of carboxylic acid groups (broad SMARTS) is 1. The van der Waals surface area contributed by atoms with Crippen molar-refractivity contribution in [3.05, 3.63) is 0 Å². The molecule has 0 saturated heterocycles. The summed E-state index contributed by atoms with van der Waals surface area (Å²) < 4.78 is 0.121. The number of hydrogen-bond donors (Lipinski definition) is 1. The van der Waals surface area contributed by atoms with Crippen molar-refractivity contribution in [1.82, 2.24) is 0 Å². The molecule has 0 heterocycles. The van der Waals surface area contributed by atoms with E-state index in [2.05, 4.69) is 0 Å². The van der Waals surface area contributed by atoms with Crippen LogP contribution in [0.3, 0.4) is 0 Å². The number of carboxylic acids is 1. The molecule has 0 saturated carbocycles. The highest BCUT2D eigenvalue weighted by atomic mass is 16.4. The van der Waals surface area contributed by atoms with Crippen LogP contribution >= 0.6 is 0 Å². The van der Waals surface area contributed by atoms with Crippen LogP contribution in [-0.4, -0.2) is 74.3 Å². The number of carbonyl (C=O) groups excluding carboxylic acids is 1. The predicted molar refractivity (Wildman–Crippen MR) is 52.5 cm³/mol. The number of carbonyl (C=O) groups is 2. The lowest BCUT2D eigenvalue weighted by molar-refractivity contribution is -0.895. The van der Waals surface area contributed by atoms with Gasteiger partial charge in [0.25, 0.3) is 0 Å². The molecule has 0 aliphatic carbocycles. The smallest absolute Gasteiger partial charge is 0.383 e. The molecule has 0 aliphatic heterocycles. The Labute approximate surface area is 84.7 Å². The van der Waals surface area contributed by atoms with Crippen molar-refractivity contribution in [2.24, 2.45) is 0 Å². The van der Waals surface area contributed by atoms with Crippen molar-refractivity contribution >= 4 is 11.9 Å². The molecule has 0 aliphatic rings. The molecule has 1 atom stereocenters. The van der Waals surface area contributed by atoms with Gasteiger partial charge >= 0.3 is 17.9 Å². The molecule has 5 heteroatoms. The van der Waals surface area contributed by atoms with Gasteiger partial charge in [-0.25, -0.2) is 9.59 Å². The minimum Gasteiger partial charge on any atom is -0.476 e. The van der Waals surface area contributed by atoms with E-state index in [0.717, 1.165) is 0 Å². The predicted octanol–water partition coefficient (Wildman–Crippen LogP) is -0.621. The first-order valence-electron chi connectivity index (χ1n) is 4.37. The second-order valence-corrected chi connectivity index (χ2v) is 5.21. The third kappa shape index (κ3) is 3.08. The molecule has 0 bridgehead atoms. The molecule has 0 rings (SSSR count). The summed E-state index contributed by atoms with van der Waals surface area (Å²) in [6.45, 7) is 0. The van der Waals surface area contributed by atoms with E-state index >= 15 is 0 Å². The fourth-order valence-corrected chi connectivity index (χ4v) is 1.14. The third-order valence-electron chi connectivity index (χ3n) is 1.90. The summed E-state index contributed by atoms with van der Waals surface area (Å²) in [4.78, 5) is 22.8. The van der Waals surface area contributed by atoms with E-state index in [1.165, 1.54) is 0 Å². The molecule has 82 valence electrons. The summed E-state index contributed by atoms with van der Waals surface area (Å²) in [6.07, 6.45) is 0. The molecule has 0 aromatic carbocycles. The minimum absolute atomic E-state index is 0.0203. The number of amides is 1. The van der Waals surface area contributed by atoms with Gasteiger partial charge in [0.05, 0.1) is 42.3 Å². The lowest BCUT2D eigenvalue weighted by Crippen LogP contribution is -2.61. The zero-order valence-electron chi connectivity index (χ0n) is 9.74. The van der Waals surface area contributed by atoms with E-state index in [4.69, 9.17) is 5.11 Å². The van der Waals surface area contributed by atoms with Crippen LogP contribution in [0.4, 0.5) is 0 Å². The number of quaternary nitrogens is 2. The van der Waals surface area contributed by atoms with Crippen molar-refractivity contribution < 1.29 is 23.7 Å².